The lowest BCUT2D eigenvalue weighted by Gasteiger charge is -2.41. The van der Waals surface area contributed by atoms with E-state index >= 15 is 0 Å². The summed E-state index contributed by atoms with van der Waals surface area (Å²) in [6.07, 6.45) is -5.35. The number of nitrogens with zero attached hydrogens (tertiary/aromatic N) is 1. The highest BCUT2D eigenvalue weighted by molar-refractivity contribution is 5.92. The second-order valence-corrected chi connectivity index (χ2v) is 12.4. The summed E-state index contributed by atoms with van der Waals surface area (Å²) in [5.41, 5.74) is 0.718. The van der Waals surface area contributed by atoms with Crippen LogP contribution in [0.5, 0.6) is 0 Å². The Kier molecular flexibility index (Phi) is 14.0. The number of nitrogens with one attached hydrogen (secondary N) is 1. The molecule has 4 aromatic rings. The molecule has 51 heavy (non-hydrogen) atoms. The number of amides is 1. The Bertz CT molecular complexity index is 1650. The molecule has 4 aromatic carbocycles. The van der Waals surface area contributed by atoms with Crippen molar-refractivity contribution in [1.82, 2.24) is 10.2 Å². The SMILES string of the molecule is O=CC(O)(COCc1ccccc1)[C@@H](OCc1ccccc1)[C@H](OCc1ccccc1)[C@@H](OCc1ccccc1)C(=O)C1CNCCN1C(=O)O. The third kappa shape index (κ3) is 10.6. The molecule has 1 aliphatic rings. The maximum atomic E-state index is 14.7. The summed E-state index contributed by atoms with van der Waals surface area (Å²) in [5.74, 6) is -0.606. The van der Waals surface area contributed by atoms with Gasteiger partial charge in [-0.3, -0.25) is 14.5 Å². The summed E-state index contributed by atoms with van der Waals surface area (Å²) in [7, 11) is 0. The second-order valence-electron chi connectivity index (χ2n) is 12.4. The Hall–Kier alpha value is -4.75. The van der Waals surface area contributed by atoms with Gasteiger partial charge in [0, 0.05) is 19.6 Å². The molecule has 1 fully saturated rings. The third-order valence-corrected chi connectivity index (χ3v) is 8.67. The first-order chi connectivity index (χ1) is 24.9. The number of hydrogen-bond acceptors (Lipinski definition) is 9. The van der Waals surface area contributed by atoms with Gasteiger partial charge < -0.3 is 34.5 Å². The number of Topliss-reactive ketones (excluding diaryl/α,β-unsaturated/α-hetero) is 1. The average molecular weight is 697 g/mol. The van der Waals surface area contributed by atoms with Crippen molar-refractivity contribution in [3.63, 3.8) is 0 Å². The number of benzene rings is 4. The molecule has 0 bridgehead atoms. The monoisotopic (exact) mass is 696 g/mol. The lowest BCUT2D eigenvalue weighted by Crippen LogP contribution is -2.64. The van der Waals surface area contributed by atoms with Crippen molar-refractivity contribution in [2.45, 2.75) is 56.4 Å². The molecule has 3 N–H and O–H groups in total. The number of carbonyl (C=O) groups is 3. The van der Waals surface area contributed by atoms with E-state index in [1.165, 1.54) is 0 Å². The third-order valence-electron chi connectivity index (χ3n) is 8.67. The van der Waals surface area contributed by atoms with Crippen molar-refractivity contribution in [3.05, 3.63) is 144 Å². The molecule has 1 amide bonds. The highest BCUT2D eigenvalue weighted by atomic mass is 16.6. The molecule has 0 spiro atoms. The Morgan fingerprint density at radius 3 is 1.71 bits per heavy atom. The molecule has 1 saturated heterocycles. The summed E-state index contributed by atoms with van der Waals surface area (Å²) >= 11 is 0. The first kappa shape index (κ1) is 37.5. The van der Waals surface area contributed by atoms with Crippen LogP contribution in [0.25, 0.3) is 0 Å². The van der Waals surface area contributed by atoms with Gasteiger partial charge in [0.15, 0.2) is 17.7 Å². The Morgan fingerprint density at radius 1 is 0.745 bits per heavy atom. The van der Waals surface area contributed by atoms with Gasteiger partial charge in [-0.15, -0.1) is 0 Å². The quantitative estimate of drug-likeness (QED) is 0.121. The van der Waals surface area contributed by atoms with Gasteiger partial charge in [0.05, 0.1) is 33.0 Å². The van der Waals surface area contributed by atoms with E-state index in [1.807, 2.05) is 121 Å². The molecule has 1 heterocycles. The smallest absolute Gasteiger partial charge is 0.408 e. The van der Waals surface area contributed by atoms with Crippen molar-refractivity contribution >= 4 is 18.2 Å². The maximum Gasteiger partial charge on any atom is 0.408 e. The van der Waals surface area contributed by atoms with Crippen LogP contribution in [-0.2, 0) is 55.0 Å². The summed E-state index contributed by atoms with van der Waals surface area (Å²) < 4.78 is 25.3. The first-order valence-corrected chi connectivity index (χ1v) is 16.9. The lowest BCUT2D eigenvalue weighted by atomic mass is 9.88. The number of rotatable bonds is 19. The Labute approximate surface area is 297 Å². The number of aliphatic hydroxyl groups is 1. The molecular formula is C40H44N2O9. The number of piperazine rings is 1. The molecule has 0 aliphatic carbocycles. The van der Waals surface area contributed by atoms with Crippen LogP contribution in [-0.4, -0.2) is 89.5 Å². The van der Waals surface area contributed by atoms with Crippen LogP contribution in [0, 0.1) is 0 Å². The predicted molar refractivity (Wildman–Crippen MR) is 189 cm³/mol. The molecule has 0 saturated carbocycles. The average Bonchev–Trinajstić information content (AvgIpc) is 3.18. The number of carboxylic acid groups (broad SMARTS) is 1. The van der Waals surface area contributed by atoms with Crippen molar-refractivity contribution < 1.29 is 43.5 Å². The predicted octanol–water partition coefficient (Wildman–Crippen LogP) is 4.41. The van der Waals surface area contributed by atoms with E-state index in [1.54, 1.807) is 0 Å². The fraction of sp³-hybridized carbons (Fsp3) is 0.325. The lowest BCUT2D eigenvalue weighted by molar-refractivity contribution is -0.216. The zero-order chi connectivity index (χ0) is 35.9. The largest absolute Gasteiger partial charge is 0.465 e. The molecule has 11 nitrogen and oxygen atoms in total. The molecule has 5 rings (SSSR count). The molecule has 1 aliphatic heterocycles. The van der Waals surface area contributed by atoms with Gasteiger partial charge in [-0.1, -0.05) is 121 Å². The van der Waals surface area contributed by atoms with Gasteiger partial charge in [-0.25, -0.2) is 4.79 Å². The van der Waals surface area contributed by atoms with Gasteiger partial charge in [0.25, 0.3) is 0 Å². The van der Waals surface area contributed by atoms with Crippen LogP contribution in [0.3, 0.4) is 0 Å². The molecule has 2 unspecified atom stereocenters. The Morgan fingerprint density at radius 2 is 1.22 bits per heavy atom. The van der Waals surface area contributed by atoms with Crippen molar-refractivity contribution in [2.75, 3.05) is 26.2 Å². The number of aldehydes is 1. The van der Waals surface area contributed by atoms with Crippen LogP contribution in [0.2, 0.25) is 0 Å². The number of hydrogen-bond donors (Lipinski definition) is 3. The van der Waals surface area contributed by atoms with Crippen LogP contribution < -0.4 is 5.32 Å². The van der Waals surface area contributed by atoms with Gasteiger partial charge in [-0.2, -0.15) is 0 Å². The summed E-state index contributed by atoms with van der Waals surface area (Å²) in [5, 5.41) is 25.4. The van der Waals surface area contributed by atoms with Gasteiger partial charge in [0.1, 0.15) is 24.4 Å². The number of ether oxygens (including phenoxy) is 4. The molecule has 5 atom stereocenters. The molecule has 0 aromatic heterocycles. The number of ketones is 1. The maximum absolute atomic E-state index is 14.7. The highest BCUT2D eigenvalue weighted by Crippen LogP contribution is 2.28. The van der Waals surface area contributed by atoms with Crippen LogP contribution >= 0.6 is 0 Å². The number of carbonyl (C=O) groups excluding carboxylic acids is 2. The van der Waals surface area contributed by atoms with Gasteiger partial charge in [-0.05, 0) is 22.3 Å². The van der Waals surface area contributed by atoms with Crippen LogP contribution in [0.1, 0.15) is 22.3 Å². The fourth-order valence-corrected chi connectivity index (χ4v) is 5.95. The first-order valence-electron chi connectivity index (χ1n) is 16.9. The fourth-order valence-electron chi connectivity index (χ4n) is 5.95. The van der Waals surface area contributed by atoms with Gasteiger partial charge in [0.2, 0.25) is 0 Å². The van der Waals surface area contributed by atoms with Crippen molar-refractivity contribution in [1.29, 1.82) is 0 Å². The molecule has 11 heteroatoms. The minimum Gasteiger partial charge on any atom is -0.465 e. The van der Waals surface area contributed by atoms with Crippen molar-refractivity contribution in [2.24, 2.45) is 0 Å². The highest BCUT2D eigenvalue weighted by Gasteiger charge is 2.51. The van der Waals surface area contributed by atoms with Crippen LogP contribution in [0.15, 0.2) is 121 Å². The summed E-state index contributed by atoms with van der Waals surface area (Å²) in [4.78, 5) is 41.1. The van der Waals surface area contributed by atoms with E-state index in [2.05, 4.69) is 5.32 Å². The zero-order valence-corrected chi connectivity index (χ0v) is 28.3. The van der Waals surface area contributed by atoms with E-state index in [4.69, 9.17) is 18.9 Å². The van der Waals surface area contributed by atoms with E-state index in [0.717, 1.165) is 27.2 Å². The van der Waals surface area contributed by atoms with E-state index in [9.17, 15) is 24.6 Å². The standard InChI is InChI=1S/C40H44N2O9/c43-28-40(47,29-48-24-30-13-5-1-6-14-30)38(51-27-33-19-11-4-12-20-33)37(50-26-32-17-9-3-10-18-32)36(49-25-31-15-7-2-8-16-31)35(44)34-23-41-21-22-42(34)39(45)46/h1-20,28,34,36-38,41,47H,21-27,29H2,(H,45,46)/t34?,36-,37+,38-,40?/m0/s1. The van der Waals surface area contributed by atoms with Gasteiger partial charge >= 0.3 is 6.09 Å². The topological polar surface area (TPSA) is 144 Å². The van der Waals surface area contributed by atoms with E-state index in [-0.39, 0.29) is 39.5 Å². The van der Waals surface area contributed by atoms with E-state index < -0.39 is 48.4 Å². The normalized spacial score (nSPS) is 17.5. The zero-order valence-electron chi connectivity index (χ0n) is 28.3. The minimum atomic E-state index is -2.34. The molecule has 268 valence electrons. The van der Waals surface area contributed by atoms with E-state index in [0.29, 0.717) is 12.8 Å². The summed E-state index contributed by atoms with van der Waals surface area (Å²) in [6.45, 7) is -0.0787. The minimum absolute atomic E-state index is 0.0371. The Balaban J connectivity index is 1.56. The second kappa shape index (κ2) is 19.0. The summed E-state index contributed by atoms with van der Waals surface area (Å²) in [6, 6.07) is 35.7. The molecule has 0 radical (unpaired) electrons. The van der Waals surface area contributed by atoms with Crippen LogP contribution in [0.4, 0.5) is 4.79 Å². The van der Waals surface area contributed by atoms with Crippen molar-refractivity contribution in [3.8, 4) is 0 Å². The molecular weight excluding hydrogens is 652 g/mol.